The number of carbonyl (C=O) groups is 4. The van der Waals surface area contributed by atoms with Crippen molar-refractivity contribution < 1.29 is 19.2 Å². The van der Waals surface area contributed by atoms with Crippen molar-refractivity contribution in [2.45, 2.75) is 63.5 Å². The zero-order valence-corrected chi connectivity index (χ0v) is 22.2. The Kier molecular flexibility index (Phi) is 5.80. The Balaban J connectivity index is 0.986. The van der Waals surface area contributed by atoms with Gasteiger partial charge in [0.2, 0.25) is 11.8 Å². The van der Waals surface area contributed by atoms with Crippen LogP contribution in [0.15, 0.2) is 42.7 Å². The van der Waals surface area contributed by atoms with Gasteiger partial charge in [-0.1, -0.05) is 6.07 Å². The molecule has 4 amide bonds. The molecule has 0 radical (unpaired) electrons. The van der Waals surface area contributed by atoms with Crippen LogP contribution in [0, 0.1) is 12.8 Å². The molecule has 1 aromatic carbocycles. The highest BCUT2D eigenvalue weighted by atomic mass is 16.2. The summed E-state index contributed by atoms with van der Waals surface area (Å²) in [5, 5.41) is 10.6. The molecule has 1 saturated heterocycles. The Labute approximate surface area is 231 Å². The zero-order valence-electron chi connectivity index (χ0n) is 22.2. The second-order valence-electron chi connectivity index (χ2n) is 11.5. The number of hydrogen-bond acceptors (Lipinski definition) is 7. The summed E-state index contributed by atoms with van der Waals surface area (Å²) >= 11 is 0. The lowest BCUT2D eigenvalue weighted by molar-refractivity contribution is -0.136. The van der Waals surface area contributed by atoms with Crippen LogP contribution in [0.2, 0.25) is 0 Å². The number of aryl methyl sites for hydroxylation is 1. The molecule has 10 heteroatoms. The molecule has 2 aromatic heterocycles. The van der Waals surface area contributed by atoms with Gasteiger partial charge < -0.3 is 5.32 Å². The average Bonchev–Trinajstić information content (AvgIpc) is 3.63. The maximum absolute atomic E-state index is 13.1. The number of piperidine rings is 1. The first-order valence-electron chi connectivity index (χ1n) is 14.0. The van der Waals surface area contributed by atoms with Gasteiger partial charge in [-0.05, 0) is 74.8 Å². The van der Waals surface area contributed by atoms with E-state index < -0.39 is 23.8 Å². The molecule has 2 saturated carbocycles. The van der Waals surface area contributed by atoms with Crippen molar-refractivity contribution in [2.24, 2.45) is 5.92 Å². The first-order chi connectivity index (χ1) is 19.4. The molecule has 40 heavy (non-hydrogen) atoms. The predicted octanol–water partition coefficient (Wildman–Crippen LogP) is 3.60. The standard InChI is InChI=1S/C30H30N6O4/c1-16-2-7-24(32-13-16)23-15-35(34-27(23)18-3-4-18)20-10-17(11-20)14-31-19-5-6-21-22(12-19)30(40)36(29(21)39)25-8-9-26(37)33-28(25)38/h2,5-7,12-13,15,17-18,20,25,31H,3-4,8-11,14H2,1H3,(H,33,37,38). The average molecular weight is 539 g/mol. The molecule has 1 atom stereocenters. The molecule has 0 spiro atoms. The van der Waals surface area contributed by atoms with E-state index in [9.17, 15) is 19.2 Å². The highest BCUT2D eigenvalue weighted by molar-refractivity contribution is 6.23. The number of nitrogens with one attached hydrogen (secondary N) is 2. The molecular weight excluding hydrogens is 508 g/mol. The number of fused-ring (bicyclic) bond motifs is 1. The Morgan fingerprint density at radius 1 is 0.975 bits per heavy atom. The molecule has 4 aliphatic rings. The first-order valence-corrected chi connectivity index (χ1v) is 14.0. The summed E-state index contributed by atoms with van der Waals surface area (Å²) in [5.41, 5.74) is 5.77. The van der Waals surface area contributed by atoms with Crippen molar-refractivity contribution in [3.63, 3.8) is 0 Å². The van der Waals surface area contributed by atoms with E-state index in [1.54, 1.807) is 18.2 Å². The Morgan fingerprint density at radius 3 is 2.50 bits per heavy atom. The van der Waals surface area contributed by atoms with Gasteiger partial charge in [-0.3, -0.25) is 39.1 Å². The third kappa shape index (κ3) is 4.27. The third-order valence-electron chi connectivity index (χ3n) is 8.53. The molecule has 2 aliphatic heterocycles. The summed E-state index contributed by atoms with van der Waals surface area (Å²) in [6.45, 7) is 2.79. The van der Waals surface area contributed by atoms with E-state index >= 15 is 0 Å². The summed E-state index contributed by atoms with van der Waals surface area (Å²) in [7, 11) is 0. The van der Waals surface area contributed by atoms with Crippen LogP contribution < -0.4 is 10.6 Å². The molecular formula is C30H30N6O4. The van der Waals surface area contributed by atoms with Crippen LogP contribution in [0.5, 0.6) is 0 Å². The topological polar surface area (TPSA) is 126 Å². The number of rotatable bonds is 7. The molecule has 2 N–H and O–H groups in total. The van der Waals surface area contributed by atoms with E-state index in [1.165, 1.54) is 18.5 Å². The number of pyridine rings is 1. The fourth-order valence-corrected chi connectivity index (χ4v) is 6.00. The predicted molar refractivity (Wildman–Crippen MR) is 146 cm³/mol. The van der Waals surface area contributed by atoms with Crippen LogP contribution >= 0.6 is 0 Å². The van der Waals surface area contributed by atoms with E-state index in [-0.39, 0.29) is 29.9 Å². The second-order valence-corrected chi connectivity index (χ2v) is 11.5. The summed E-state index contributed by atoms with van der Waals surface area (Å²) < 4.78 is 2.13. The van der Waals surface area contributed by atoms with Crippen molar-refractivity contribution in [1.29, 1.82) is 0 Å². The molecule has 10 nitrogen and oxygen atoms in total. The summed E-state index contributed by atoms with van der Waals surface area (Å²) in [6.07, 6.45) is 8.70. The quantitative estimate of drug-likeness (QED) is 0.440. The van der Waals surface area contributed by atoms with Crippen LogP contribution in [0.1, 0.15) is 82.5 Å². The van der Waals surface area contributed by atoms with Crippen molar-refractivity contribution in [3.8, 4) is 11.3 Å². The van der Waals surface area contributed by atoms with Gasteiger partial charge in [-0.2, -0.15) is 5.10 Å². The SMILES string of the molecule is Cc1ccc(-c2cn(C3CC(CNc4ccc5c(c4)C(=O)N(C4CCC(=O)NC4=O)C5=O)C3)nc2C2CC2)nc1. The van der Waals surface area contributed by atoms with Gasteiger partial charge in [0.25, 0.3) is 11.8 Å². The molecule has 3 aromatic rings. The maximum atomic E-state index is 13.1. The fraction of sp³-hybridized carbons (Fsp3) is 0.400. The number of anilines is 1. The maximum Gasteiger partial charge on any atom is 0.262 e. The van der Waals surface area contributed by atoms with E-state index in [0.29, 0.717) is 17.9 Å². The van der Waals surface area contributed by atoms with Crippen molar-refractivity contribution in [3.05, 3.63) is 65.1 Å². The number of nitrogens with zero attached hydrogens (tertiary/aromatic N) is 4. The van der Waals surface area contributed by atoms with E-state index in [2.05, 4.69) is 38.6 Å². The summed E-state index contributed by atoms with van der Waals surface area (Å²) in [6, 6.07) is 8.68. The Morgan fingerprint density at radius 2 is 1.77 bits per heavy atom. The minimum Gasteiger partial charge on any atom is -0.385 e. The largest absolute Gasteiger partial charge is 0.385 e. The molecule has 7 rings (SSSR count). The van der Waals surface area contributed by atoms with E-state index in [4.69, 9.17) is 5.10 Å². The Hall–Kier alpha value is -4.34. The van der Waals surface area contributed by atoms with Gasteiger partial charge in [0.15, 0.2) is 0 Å². The van der Waals surface area contributed by atoms with Crippen LogP contribution in [0.4, 0.5) is 5.69 Å². The number of imide groups is 2. The van der Waals surface area contributed by atoms with Gasteiger partial charge in [0, 0.05) is 42.5 Å². The highest BCUT2D eigenvalue weighted by Gasteiger charge is 2.44. The van der Waals surface area contributed by atoms with Gasteiger partial charge in [-0.15, -0.1) is 0 Å². The molecule has 1 unspecified atom stereocenters. The van der Waals surface area contributed by atoms with Gasteiger partial charge in [0.1, 0.15) is 6.04 Å². The van der Waals surface area contributed by atoms with Crippen molar-refractivity contribution in [2.75, 3.05) is 11.9 Å². The second kappa shape index (κ2) is 9.39. The molecule has 204 valence electrons. The minimum atomic E-state index is -0.960. The smallest absolute Gasteiger partial charge is 0.262 e. The number of amides is 4. The van der Waals surface area contributed by atoms with Crippen molar-refractivity contribution >= 4 is 29.3 Å². The molecule has 4 heterocycles. The number of carbonyl (C=O) groups excluding carboxylic acids is 4. The van der Waals surface area contributed by atoms with Gasteiger partial charge in [-0.25, -0.2) is 0 Å². The van der Waals surface area contributed by atoms with Crippen LogP contribution in [0.3, 0.4) is 0 Å². The summed E-state index contributed by atoms with van der Waals surface area (Å²) in [5.74, 6) is -0.976. The molecule has 3 fully saturated rings. The van der Waals surface area contributed by atoms with Crippen LogP contribution in [-0.2, 0) is 9.59 Å². The Bertz CT molecular complexity index is 1550. The monoisotopic (exact) mass is 538 g/mol. The lowest BCUT2D eigenvalue weighted by atomic mass is 9.80. The van der Waals surface area contributed by atoms with Crippen LogP contribution in [0.25, 0.3) is 11.3 Å². The van der Waals surface area contributed by atoms with E-state index in [0.717, 1.165) is 46.8 Å². The zero-order chi connectivity index (χ0) is 27.5. The van der Waals surface area contributed by atoms with Crippen LogP contribution in [-0.4, -0.2) is 55.9 Å². The highest BCUT2D eigenvalue weighted by Crippen LogP contribution is 2.45. The number of hydrogen-bond donors (Lipinski definition) is 2. The third-order valence-corrected chi connectivity index (χ3v) is 8.53. The molecule has 2 aliphatic carbocycles. The van der Waals surface area contributed by atoms with Crippen molar-refractivity contribution in [1.82, 2.24) is 25.0 Å². The van der Waals surface area contributed by atoms with Gasteiger partial charge in [0.05, 0.1) is 28.6 Å². The lowest BCUT2D eigenvalue weighted by Crippen LogP contribution is -2.54. The first kappa shape index (κ1) is 24.7. The van der Waals surface area contributed by atoms with Gasteiger partial charge >= 0.3 is 0 Å². The summed E-state index contributed by atoms with van der Waals surface area (Å²) in [4.78, 5) is 55.4. The fourth-order valence-electron chi connectivity index (χ4n) is 6.00. The van der Waals surface area contributed by atoms with E-state index in [1.807, 2.05) is 13.1 Å². The normalized spacial score (nSPS) is 24.1. The minimum absolute atomic E-state index is 0.101. The lowest BCUT2D eigenvalue weighted by Gasteiger charge is -2.35. The molecule has 0 bridgehead atoms. The number of aromatic nitrogens is 3. The number of benzene rings is 1.